The summed E-state index contributed by atoms with van der Waals surface area (Å²) in [6.45, 7) is 1.28. The van der Waals surface area contributed by atoms with Gasteiger partial charge in [0.15, 0.2) is 0 Å². The minimum absolute atomic E-state index is 0.0233. The second kappa shape index (κ2) is 4.59. The van der Waals surface area contributed by atoms with E-state index in [1.807, 2.05) is 0 Å². The summed E-state index contributed by atoms with van der Waals surface area (Å²) in [5.74, 6) is 0. The fraction of sp³-hybridized carbons (Fsp3) is 0.625. The minimum Gasteiger partial charge on any atom is -0.473 e. The molecular formula is C8H11ClF2N2OS. The van der Waals surface area contributed by atoms with E-state index in [0.29, 0.717) is 10.1 Å². The zero-order chi connectivity index (χ0) is 11.6. The van der Waals surface area contributed by atoms with Crippen molar-refractivity contribution in [2.24, 2.45) is 5.73 Å². The van der Waals surface area contributed by atoms with Crippen LogP contribution in [0.25, 0.3) is 0 Å². The number of halogens is 3. The van der Waals surface area contributed by atoms with Crippen LogP contribution in [0, 0.1) is 0 Å². The van der Waals surface area contributed by atoms with Crippen LogP contribution in [-0.4, -0.2) is 24.1 Å². The van der Waals surface area contributed by atoms with Gasteiger partial charge < -0.3 is 10.5 Å². The summed E-state index contributed by atoms with van der Waals surface area (Å²) in [6.07, 6.45) is -2.63. The van der Waals surface area contributed by atoms with Crippen LogP contribution >= 0.6 is 22.9 Å². The lowest BCUT2D eigenvalue weighted by atomic mass is 10.00. The van der Waals surface area contributed by atoms with Gasteiger partial charge in [-0.2, -0.15) is 4.98 Å². The SMILES string of the molecule is COc1nc(Cl)c(CC(C)(N)C(F)F)s1. The highest BCUT2D eigenvalue weighted by Crippen LogP contribution is 2.32. The van der Waals surface area contributed by atoms with Crippen LogP contribution in [-0.2, 0) is 6.42 Å². The van der Waals surface area contributed by atoms with Crippen molar-refractivity contribution in [1.29, 1.82) is 0 Å². The molecule has 1 aromatic heterocycles. The molecule has 0 aliphatic rings. The first-order chi connectivity index (χ1) is 6.86. The molecule has 0 aliphatic carbocycles. The first kappa shape index (κ1) is 12.6. The lowest BCUT2D eigenvalue weighted by Crippen LogP contribution is -2.45. The maximum atomic E-state index is 12.5. The first-order valence-electron chi connectivity index (χ1n) is 4.13. The van der Waals surface area contributed by atoms with Gasteiger partial charge in [-0.3, -0.25) is 0 Å². The van der Waals surface area contributed by atoms with Crippen LogP contribution in [0.5, 0.6) is 5.19 Å². The topological polar surface area (TPSA) is 48.1 Å². The van der Waals surface area contributed by atoms with Crippen molar-refractivity contribution in [3.05, 3.63) is 10.0 Å². The number of rotatable bonds is 4. The van der Waals surface area contributed by atoms with Crippen molar-refractivity contribution in [2.45, 2.75) is 25.3 Å². The van der Waals surface area contributed by atoms with Crippen molar-refractivity contribution in [1.82, 2.24) is 4.98 Å². The van der Waals surface area contributed by atoms with Gasteiger partial charge in [-0.1, -0.05) is 22.9 Å². The predicted octanol–water partition coefficient (Wildman–Crippen LogP) is 2.33. The van der Waals surface area contributed by atoms with Gasteiger partial charge in [0.2, 0.25) is 0 Å². The molecule has 86 valence electrons. The van der Waals surface area contributed by atoms with E-state index in [1.165, 1.54) is 14.0 Å². The van der Waals surface area contributed by atoms with Crippen LogP contribution in [0.1, 0.15) is 11.8 Å². The summed E-state index contributed by atoms with van der Waals surface area (Å²) in [7, 11) is 1.44. The van der Waals surface area contributed by atoms with Crippen LogP contribution in [0.4, 0.5) is 8.78 Å². The smallest absolute Gasteiger partial charge is 0.274 e. The van der Waals surface area contributed by atoms with E-state index >= 15 is 0 Å². The first-order valence-corrected chi connectivity index (χ1v) is 5.32. The number of nitrogens with two attached hydrogens (primary N) is 1. The van der Waals surface area contributed by atoms with E-state index in [1.54, 1.807) is 0 Å². The second-order valence-electron chi connectivity index (χ2n) is 3.38. The van der Waals surface area contributed by atoms with E-state index in [4.69, 9.17) is 22.1 Å². The number of hydrogen-bond acceptors (Lipinski definition) is 4. The molecular weight excluding hydrogens is 246 g/mol. The van der Waals surface area contributed by atoms with Gasteiger partial charge in [-0.05, 0) is 6.92 Å². The molecule has 0 saturated heterocycles. The Balaban J connectivity index is 2.84. The molecule has 1 unspecified atom stereocenters. The Morgan fingerprint density at radius 1 is 1.67 bits per heavy atom. The van der Waals surface area contributed by atoms with Gasteiger partial charge in [0.05, 0.1) is 12.6 Å². The van der Waals surface area contributed by atoms with Gasteiger partial charge in [-0.15, -0.1) is 0 Å². The third-order valence-corrected chi connectivity index (χ3v) is 3.29. The number of methoxy groups -OCH3 is 1. The predicted molar refractivity (Wildman–Crippen MR) is 56.0 cm³/mol. The summed E-state index contributed by atoms with van der Waals surface area (Å²) in [4.78, 5) is 4.35. The summed E-state index contributed by atoms with van der Waals surface area (Å²) in [5.41, 5.74) is 3.84. The van der Waals surface area contributed by atoms with Gasteiger partial charge in [0, 0.05) is 11.3 Å². The maximum Gasteiger partial charge on any atom is 0.274 e. The number of alkyl halides is 2. The van der Waals surface area contributed by atoms with Gasteiger partial charge in [-0.25, -0.2) is 8.78 Å². The molecule has 0 aliphatic heterocycles. The van der Waals surface area contributed by atoms with Crippen molar-refractivity contribution < 1.29 is 13.5 Å². The van der Waals surface area contributed by atoms with Gasteiger partial charge in [0.25, 0.3) is 11.6 Å². The summed E-state index contributed by atoms with van der Waals surface area (Å²) < 4.78 is 29.9. The summed E-state index contributed by atoms with van der Waals surface area (Å²) >= 11 is 6.88. The van der Waals surface area contributed by atoms with Crippen molar-refractivity contribution in [2.75, 3.05) is 7.11 Å². The molecule has 2 N–H and O–H groups in total. The number of nitrogens with zero attached hydrogens (tertiary/aromatic N) is 1. The fourth-order valence-corrected chi connectivity index (χ4v) is 2.19. The van der Waals surface area contributed by atoms with Gasteiger partial charge in [0.1, 0.15) is 5.15 Å². The Hall–Kier alpha value is -0.460. The Morgan fingerprint density at radius 3 is 2.67 bits per heavy atom. The van der Waals surface area contributed by atoms with Crippen molar-refractivity contribution in [3.8, 4) is 5.19 Å². The van der Waals surface area contributed by atoms with Crippen molar-refractivity contribution in [3.63, 3.8) is 0 Å². The van der Waals surface area contributed by atoms with Crippen LogP contribution in [0.2, 0.25) is 5.15 Å². The molecule has 1 rings (SSSR count). The highest BCUT2D eigenvalue weighted by atomic mass is 35.5. The molecule has 3 nitrogen and oxygen atoms in total. The number of thiazole rings is 1. The molecule has 1 aromatic rings. The van der Waals surface area contributed by atoms with Crippen LogP contribution in [0.15, 0.2) is 0 Å². The molecule has 15 heavy (non-hydrogen) atoms. The highest BCUT2D eigenvalue weighted by molar-refractivity contribution is 7.13. The largest absolute Gasteiger partial charge is 0.473 e. The molecule has 0 saturated carbocycles. The minimum atomic E-state index is -2.61. The van der Waals surface area contributed by atoms with Gasteiger partial charge >= 0.3 is 0 Å². The Kier molecular flexibility index (Phi) is 3.86. The number of hydrogen-bond donors (Lipinski definition) is 1. The monoisotopic (exact) mass is 256 g/mol. The molecule has 0 bridgehead atoms. The van der Waals surface area contributed by atoms with Crippen LogP contribution in [0.3, 0.4) is 0 Å². The molecule has 7 heteroatoms. The third-order valence-electron chi connectivity index (χ3n) is 1.84. The lowest BCUT2D eigenvalue weighted by Gasteiger charge is -2.22. The lowest BCUT2D eigenvalue weighted by molar-refractivity contribution is 0.0643. The Labute approximate surface area is 95.2 Å². The summed E-state index contributed by atoms with van der Waals surface area (Å²) in [5, 5.41) is 0.522. The zero-order valence-corrected chi connectivity index (χ0v) is 9.83. The van der Waals surface area contributed by atoms with E-state index in [2.05, 4.69) is 4.98 Å². The molecule has 0 radical (unpaired) electrons. The fourth-order valence-electron chi connectivity index (χ4n) is 0.932. The third kappa shape index (κ3) is 2.99. The highest BCUT2D eigenvalue weighted by Gasteiger charge is 2.32. The van der Waals surface area contributed by atoms with Crippen molar-refractivity contribution >= 4 is 22.9 Å². The molecule has 1 heterocycles. The average molecular weight is 257 g/mol. The van der Waals surface area contributed by atoms with E-state index in [0.717, 1.165) is 11.3 Å². The maximum absolute atomic E-state index is 12.5. The van der Waals surface area contributed by atoms with Crippen LogP contribution < -0.4 is 10.5 Å². The van der Waals surface area contributed by atoms with E-state index in [9.17, 15) is 8.78 Å². The zero-order valence-electron chi connectivity index (χ0n) is 8.26. The Bertz CT molecular complexity index is 343. The molecule has 0 amide bonds. The molecule has 1 atom stereocenters. The molecule has 0 fully saturated rings. The molecule has 0 aromatic carbocycles. The second-order valence-corrected chi connectivity index (χ2v) is 4.79. The summed E-state index contributed by atoms with van der Waals surface area (Å²) in [6, 6.07) is 0. The van der Waals surface area contributed by atoms with E-state index in [-0.39, 0.29) is 11.6 Å². The Morgan fingerprint density at radius 2 is 2.27 bits per heavy atom. The average Bonchev–Trinajstić information content (AvgIpc) is 2.46. The number of aromatic nitrogens is 1. The van der Waals surface area contributed by atoms with E-state index < -0.39 is 12.0 Å². The normalized spacial score (nSPS) is 15.4. The quantitative estimate of drug-likeness (QED) is 0.900. The standard InChI is InChI=1S/C8H11ClF2N2OS/c1-8(12,6(10)11)3-4-5(9)13-7(14-2)15-4/h6H,3,12H2,1-2H3. The number of ether oxygens (including phenoxy) is 1. The molecule has 0 spiro atoms.